The van der Waals surface area contributed by atoms with E-state index in [9.17, 15) is 14.7 Å². The third kappa shape index (κ3) is 6.87. The van der Waals surface area contributed by atoms with Gasteiger partial charge in [-0.15, -0.1) is 0 Å². The van der Waals surface area contributed by atoms with Crippen molar-refractivity contribution in [3.05, 3.63) is 42.0 Å². The molecule has 3 aliphatic rings. The molecule has 5 rings (SSSR count). The van der Waals surface area contributed by atoms with E-state index in [-0.39, 0.29) is 37.4 Å². The second-order valence-electron chi connectivity index (χ2n) is 11.7. The molecule has 0 spiro atoms. The summed E-state index contributed by atoms with van der Waals surface area (Å²) in [4.78, 5) is 30.9. The number of benzene rings is 2. The number of hydrogen-bond acceptors (Lipinski definition) is 7. The van der Waals surface area contributed by atoms with Gasteiger partial charge in [0, 0.05) is 37.3 Å². The molecule has 3 amide bonds. The van der Waals surface area contributed by atoms with E-state index in [1.165, 1.54) is 32.1 Å². The van der Waals surface area contributed by atoms with Crippen LogP contribution < -0.4 is 24.8 Å². The van der Waals surface area contributed by atoms with E-state index in [1.54, 1.807) is 41.3 Å². The van der Waals surface area contributed by atoms with Crippen LogP contribution in [0, 0.1) is 11.8 Å². The van der Waals surface area contributed by atoms with Gasteiger partial charge in [-0.1, -0.05) is 32.3 Å². The molecular formula is C31H42N4O6. The Morgan fingerprint density at radius 2 is 1.88 bits per heavy atom. The second kappa shape index (κ2) is 13.0. The predicted molar refractivity (Wildman–Crippen MR) is 157 cm³/mol. The first-order valence-corrected chi connectivity index (χ1v) is 14.7. The number of nitrogens with one attached hydrogen (secondary N) is 2. The van der Waals surface area contributed by atoms with Gasteiger partial charge in [-0.05, 0) is 57.0 Å². The summed E-state index contributed by atoms with van der Waals surface area (Å²) in [5, 5.41) is 15.7. The highest BCUT2D eigenvalue weighted by molar-refractivity contribution is 6.04. The van der Waals surface area contributed by atoms with E-state index < -0.39 is 6.03 Å². The van der Waals surface area contributed by atoms with Gasteiger partial charge in [0.15, 0.2) is 17.2 Å². The number of urea groups is 1. The van der Waals surface area contributed by atoms with Gasteiger partial charge in [-0.3, -0.25) is 4.79 Å². The van der Waals surface area contributed by atoms with E-state index in [1.807, 2.05) is 6.92 Å². The number of aliphatic hydroxyl groups excluding tert-OH is 1. The highest BCUT2D eigenvalue weighted by Gasteiger charge is 2.35. The lowest BCUT2D eigenvalue weighted by molar-refractivity contribution is 0.0333. The van der Waals surface area contributed by atoms with Crippen LogP contribution in [0.2, 0.25) is 0 Å². The first kappa shape index (κ1) is 29.0. The van der Waals surface area contributed by atoms with E-state index >= 15 is 0 Å². The molecule has 2 heterocycles. The maximum absolute atomic E-state index is 13.7. The molecule has 2 aliphatic heterocycles. The molecule has 0 aromatic heterocycles. The first-order valence-electron chi connectivity index (χ1n) is 14.7. The summed E-state index contributed by atoms with van der Waals surface area (Å²) in [6.45, 7) is 6.08. The number of carbonyl (C=O) groups excluding carboxylic acids is 2. The normalized spacial score (nSPS) is 21.5. The number of carbonyl (C=O) groups is 2. The lowest BCUT2D eigenvalue weighted by Gasteiger charge is -2.39. The molecule has 0 bridgehead atoms. The number of amides is 3. The van der Waals surface area contributed by atoms with Crippen molar-refractivity contribution in [1.29, 1.82) is 0 Å². The van der Waals surface area contributed by atoms with Gasteiger partial charge < -0.3 is 39.8 Å². The first-order chi connectivity index (χ1) is 19.8. The fraction of sp³-hybridized carbons (Fsp3) is 0.548. The Morgan fingerprint density at radius 3 is 2.66 bits per heavy atom. The van der Waals surface area contributed by atoms with Crippen LogP contribution in [0.4, 0.5) is 16.2 Å². The number of likely N-dealkylation sites (N-methyl/N-ethyl adjacent to an activating group) is 1. The summed E-state index contributed by atoms with van der Waals surface area (Å²) in [7, 11) is 2.13. The molecule has 0 unspecified atom stereocenters. The quantitative estimate of drug-likeness (QED) is 0.421. The molecule has 2 aromatic rings. The molecule has 1 aliphatic carbocycles. The lowest BCUT2D eigenvalue weighted by atomic mass is 9.89. The maximum atomic E-state index is 13.7. The standard InChI is InChI=1S/C31H42N4O6/c1-20-15-35(21(2)18-36)30(37)24-10-7-11-25(33-31(38)32-23-12-13-26-27(14-23)40-19-39-26)29(24)41-28(20)17-34(3)16-22-8-5-4-6-9-22/h7,10-14,20-22,28,36H,4-6,8-9,15-19H2,1-3H3,(H2,32,33,38)/t20-,21+,28-/m1/s1. The lowest BCUT2D eigenvalue weighted by Crippen LogP contribution is -2.50. The fourth-order valence-corrected chi connectivity index (χ4v) is 6.01. The molecule has 1 fully saturated rings. The minimum absolute atomic E-state index is 0.00887. The Hall–Kier alpha value is -3.50. The zero-order chi connectivity index (χ0) is 28.9. The molecule has 2 aromatic carbocycles. The highest BCUT2D eigenvalue weighted by atomic mass is 16.7. The summed E-state index contributed by atoms with van der Waals surface area (Å²) in [6.07, 6.45) is 6.20. The molecule has 222 valence electrons. The molecule has 3 N–H and O–H groups in total. The number of anilines is 2. The molecule has 41 heavy (non-hydrogen) atoms. The number of ether oxygens (including phenoxy) is 3. The van der Waals surface area contributed by atoms with Crippen molar-refractivity contribution in [2.24, 2.45) is 11.8 Å². The Balaban J connectivity index is 1.38. The van der Waals surface area contributed by atoms with Crippen LogP contribution in [-0.2, 0) is 0 Å². The van der Waals surface area contributed by atoms with Crippen molar-refractivity contribution >= 4 is 23.3 Å². The fourth-order valence-electron chi connectivity index (χ4n) is 6.01. The molecular weight excluding hydrogens is 524 g/mol. The Kier molecular flexibility index (Phi) is 9.19. The third-order valence-corrected chi connectivity index (χ3v) is 8.36. The zero-order valence-corrected chi connectivity index (χ0v) is 24.2. The number of fused-ring (bicyclic) bond motifs is 2. The number of rotatable bonds is 8. The Labute approximate surface area is 241 Å². The van der Waals surface area contributed by atoms with E-state index in [0.717, 1.165) is 6.54 Å². The van der Waals surface area contributed by atoms with Crippen molar-refractivity contribution in [2.45, 2.75) is 58.1 Å². The van der Waals surface area contributed by atoms with Crippen LogP contribution in [0.15, 0.2) is 36.4 Å². The van der Waals surface area contributed by atoms with Gasteiger partial charge in [-0.2, -0.15) is 0 Å². The van der Waals surface area contributed by atoms with E-state index in [0.29, 0.717) is 53.2 Å². The van der Waals surface area contributed by atoms with E-state index in [2.05, 4.69) is 29.5 Å². The smallest absolute Gasteiger partial charge is 0.323 e. The molecule has 0 saturated heterocycles. The largest absolute Gasteiger partial charge is 0.486 e. The number of nitrogens with zero attached hydrogens (tertiary/aromatic N) is 2. The van der Waals surface area contributed by atoms with Crippen LogP contribution in [-0.4, -0.2) is 79.1 Å². The SMILES string of the molecule is C[C@@H]1CN([C@@H](C)CO)C(=O)c2cccc(NC(=O)Nc3ccc4c(c3)OCO4)c2O[C@@H]1CN(C)CC1CCCCC1. The van der Waals surface area contributed by atoms with Gasteiger partial charge in [-0.25, -0.2) is 4.79 Å². The van der Waals surface area contributed by atoms with Crippen LogP contribution >= 0.6 is 0 Å². The molecule has 10 nitrogen and oxygen atoms in total. The van der Waals surface area contributed by atoms with Gasteiger partial charge in [0.1, 0.15) is 6.10 Å². The predicted octanol–water partition coefficient (Wildman–Crippen LogP) is 4.79. The monoisotopic (exact) mass is 566 g/mol. The van der Waals surface area contributed by atoms with Crippen molar-refractivity contribution in [1.82, 2.24) is 9.80 Å². The van der Waals surface area contributed by atoms with Crippen molar-refractivity contribution in [3.8, 4) is 17.2 Å². The topological polar surface area (TPSA) is 113 Å². The minimum atomic E-state index is -0.477. The average molecular weight is 567 g/mol. The summed E-state index contributed by atoms with van der Waals surface area (Å²) in [5.41, 5.74) is 1.30. The zero-order valence-electron chi connectivity index (χ0n) is 24.2. The number of para-hydroxylation sites is 1. The summed E-state index contributed by atoms with van der Waals surface area (Å²) >= 11 is 0. The Bertz CT molecular complexity index is 1230. The Morgan fingerprint density at radius 1 is 1.10 bits per heavy atom. The van der Waals surface area contributed by atoms with Gasteiger partial charge >= 0.3 is 6.03 Å². The van der Waals surface area contributed by atoms with Crippen LogP contribution in [0.25, 0.3) is 0 Å². The summed E-state index contributed by atoms with van der Waals surface area (Å²) in [5.74, 6) is 1.98. The number of aliphatic hydroxyl groups is 1. The molecule has 1 saturated carbocycles. The van der Waals surface area contributed by atoms with E-state index in [4.69, 9.17) is 14.2 Å². The molecule has 0 radical (unpaired) electrons. The van der Waals surface area contributed by atoms with Crippen LogP contribution in [0.3, 0.4) is 0 Å². The molecule has 10 heteroatoms. The van der Waals surface area contributed by atoms with Crippen molar-refractivity contribution < 1.29 is 28.9 Å². The second-order valence-corrected chi connectivity index (χ2v) is 11.7. The minimum Gasteiger partial charge on any atom is -0.486 e. The van der Waals surface area contributed by atoms with Crippen LogP contribution in [0.5, 0.6) is 17.2 Å². The van der Waals surface area contributed by atoms with Crippen LogP contribution in [0.1, 0.15) is 56.3 Å². The van der Waals surface area contributed by atoms with Gasteiger partial charge in [0.2, 0.25) is 6.79 Å². The highest BCUT2D eigenvalue weighted by Crippen LogP contribution is 2.36. The van der Waals surface area contributed by atoms with Gasteiger partial charge in [0.25, 0.3) is 5.91 Å². The summed E-state index contributed by atoms with van der Waals surface area (Å²) in [6, 6.07) is 9.52. The maximum Gasteiger partial charge on any atom is 0.323 e. The van der Waals surface area contributed by atoms with Gasteiger partial charge in [0.05, 0.1) is 23.9 Å². The summed E-state index contributed by atoms with van der Waals surface area (Å²) < 4.78 is 17.4. The molecule has 3 atom stereocenters. The van der Waals surface area contributed by atoms with Crippen molar-refractivity contribution in [2.75, 3.05) is 50.7 Å². The average Bonchev–Trinajstić information content (AvgIpc) is 3.43. The van der Waals surface area contributed by atoms with Crippen molar-refractivity contribution in [3.63, 3.8) is 0 Å². The third-order valence-electron chi connectivity index (χ3n) is 8.36. The number of hydrogen-bond donors (Lipinski definition) is 3.